The highest BCUT2D eigenvalue weighted by atomic mass is 16.1. The van der Waals surface area contributed by atoms with Crippen LogP contribution in [0.4, 0.5) is 0 Å². The molecule has 1 aromatic heterocycles. The molecule has 0 fully saturated rings. The smallest absolute Gasteiger partial charge is 0.264 e. The van der Waals surface area contributed by atoms with Gasteiger partial charge < -0.3 is 10.8 Å². The minimum absolute atomic E-state index is 0.0658. The van der Waals surface area contributed by atoms with Crippen LogP contribution < -0.4 is 11.3 Å². The maximum Gasteiger partial charge on any atom is 0.264 e. The van der Waals surface area contributed by atoms with Crippen LogP contribution in [0.3, 0.4) is 0 Å². The van der Waals surface area contributed by atoms with Gasteiger partial charge in [-0.3, -0.25) is 9.89 Å². The molecule has 12 heavy (non-hydrogen) atoms. The Bertz CT molecular complexity index is 286. The van der Waals surface area contributed by atoms with E-state index < -0.39 is 0 Å². The first-order valence-electron chi connectivity index (χ1n) is 4.12. The van der Waals surface area contributed by atoms with Gasteiger partial charge in [0.2, 0.25) is 0 Å². The van der Waals surface area contributed by atoms with E-state index in [2.05, 4.69) is 24.0 Å². The van der Waals surface area contributed by atoms with Crippen LogP contribution in [0.25, 0.3) is 0 Å². The van der Waals surface area contributed by atoms with Crippen LogP contribution in [0.1, 0.15) is 32.0 Å². The average molecular weight is 169 g/mol. The average Bonchev–Trinajstić information content (AvgIpc) is 2.34. The Morgan fingerprint density at radius 3 is 2.58 bits per heavy atom. The highest BCUT2D eigenvalue weighted by Crippen LogP contribution is 2.14. The zero-order chi connectivity index (χ0) is 9.14. The van der Waals surface area contributed by atoms with Crippen molar-refractivity contribution in [3.05, 3.63) is 22.1 Å². The molecule has 4 N–H and O–H groups in total. The molecule has 1 atom stereocenters. The normalized spacial score (nSPS) is 13.7. The van der Waals surface area contributed by atoms with Gasteiger partial charge in [0, 0.05) is 12.1 Å². The Labute approximate surface area is 71.2 Å². The Kier molecular flexibility index (Phi) is 2.70. The van der Waals surface area contributed by atoms with E-state index in [0.717, 1.165) is 12.1 Å². The molecule has 0 aromatic carbocycles. The summed E-state index contributed by atoms with van der Waals surface area (Å²) in [6.45, 7) is 4.20. The third-order valence-corrected chi connectivity index (χ3v) is 1.74. The van der Waals surface area contributed by atoms with E-state index in [1.54, 1.807) is 0 Å². The molecule has 0 saturated heterocycles. The maximum absolute atomic E-state index is 10.7. The van der Waals surface area contributed by atoms with Crippen molar-refractivity contribution < 1.29 is 0 Å². The van der Waals surface area contributed by atoms with Crippen molar-refractivity contribution in [1.82, 2.24) is 10.2 Å². The fraction of sp³-hybridized carbons (Fsp3) is 0.625. The predicted molar refractivity (Wildman–Crippen MR) is 47.8 cm³/mol. The van der Waals surface area contributed by atoms with E-state index in [9.17, 15) is 4.79 Å². The number of nitrogens with two attached hydrogens (primary N) is 1. The molecule has 1 rings (SSSR count). The number of H-pyrrole nitrogens is 2. The summed E-state index contributed by atoms with van der Waals surface area (Å²) in [6.07, 6.45) is 0.883. The molecule has 1 heterocycles. The van der Waals surface area contributed by atoms with Gasteiger partial charge in [-0.25, -0.2) is 0 Å². The zero-order valence-corrected chi connectivity index (χ0v) is 7.42. The standard InChI is InChI=1S/C8H15N3O/c1-5(2)3-6(9)7-4-8(12)11-10-7/h4-6H,3,9H2,1-2H3,(H2,10,11,12). The van der Waals surface area contributed by atoms with E-state index in [-0.39, 0.29) is 11.6 Å². The maximum atomic E-state index is 10.7. The highest BCUT2D eigenvalue weighted by Gasteiger charge is 2.09. The van der Waals surface area contributed by atoms with Crippen molar-refractivity contribution in [2.45, 2.75) is 26.3 Å². The summed E-state index contributed by atoms with van der Waals surface area (Å²) in [5, 5.41) is 5.21. The van der Waals surface area contributed by atoms with Crippen LogP contribution in [-0.4, -0.2) is 10.2 Å². The van der Waals surface area contributed by atoms with Gasteiger partial charge in [-0.2, -0.15) is 0 Å². The molecule has 0 aliphatic rings. The second-order valence-corrected chi connectivity index (χ2v) is 3.45. The van der Waals surface area contributed by atoms with Crippen LogP contribution in [-0.2, 0) is 0 Å². The number of hydrogen-bond donors (Lipinski definition) is 3. The van der Waals surface area contributed by atoms with Crippen LogP contribution in [0.2, 0.25) is 0 Å². The van der Waals surface area contributed by atoms with Gasteiger partial charge in [-0.15, -0.1) is 0 Å². The molecule has 1 aromatic rings. The fourth-order valence-corrected chi connectivity index (χ4v) is 1.18. The first kappa shape index (κ1) is 9.06. The summed E-state index contributed by atoms with van der Waals surface area (Å²) in [5.41, 5.74) is 6.48. The third kappa shape index (κ3) is 2.23. The number of nitrogens with one attached hydrogen (secondary N) is 2. The Hall–Kier alpha value is -1.03. The minimum atomic E-state index is -0.121. The molecular formula is C8H15N3O. The zero-order valence-electron chi connectivity index (χ0n) is 7.42. The van der Waals surface area contributed by atoms with Gasteiger partial charge in [0.15, 0.2) is 0 Å². The van der Waals surface area contributed by atoms with E-state index in [1.165, 1.54) is 6.07 Å². The number of aromatic nitrogens is 2. The van der Waals surface area contributed by atoms with Crippen molar-refractivity contribution in [2.24, 2.45) is 11.7 Å². The molecule has 4 heteroatoms. The minimum Gasteiger partial charge on any atom is -0.323 e. The first-order valence-corrected chi connectivity index (χ1v) is 4.12. The van der Waals surface area contributed by atoms with Gasteiger partial charge in [-0.05, 0) is 12.3 Å². The third-order valence-electron chi connectivity index (χ3n) is 1.74. The Morgan fingerprint density at radius 2 is 2.17 bits per heavy atom. The lowest BCUT2D eigenvalue weighted by Gasteiger charge is -2.11. The molecule has 0 aliphatic carbocycles. The molecule has 0 aliphatic heterocycles. The summed E-state index contributed by atoms with van der Waals surface area (Å²) in [6, 6.07) is 1.44. The van der Waals surface area contributed by atoms with Crippen molar-refractivity contribution in [1.29, 1.82) is 0 Å². The van der Waals surface area contributed by atoms with E-state index in [1.807, 2.05) is 0 Å². The first-order chi connectivity index (χ1) is 5.59. The molecule has 0 radical (unpaired) electrons. The van der Waals surface area contributed by atoms with Gasteiger partial charge in [-0.1, -0.05) is 13.8 Å². The fourth-order valence-electron chi connectivity index (χ4n) is 1.18. The van der Waals surface area contributed by atoms with E-state index in [4.69, 9.17) is 5.73 Å². The molecule has 0 bridgehead atoms. The van der Waals surface area contributed by atoms with E-state index >= 15 is 0 Å². The molecule has 1 unspecified atom stereocenters. The van der Waals surface area contributed by atoms with Crippen molar-refractivity contribution in [2.75, 3.05) is 0 Å². The summed E-state index contributed by atoms with van der Waals surface area (Å²) < 4.78 is 0. The molecule has 0 amide bonds. The Morgan fingerprint density at radius 1 is 1.50 bits per heavy atom. The molecule has 0 saturated carbocycles. The van der Waals surface area contributed by atoms with Crippen LogP contribution in [0.5, 0.6) is 0 Å². The highest BCUT2D eigenvalue weighted by molar-refractivity contribution is 5.03. The second kappa shape index (κ2) is 3.58. The van der Waals surface area contributed by atoms with Gasteiger partial charge >= 0.3 is 0 Å². The predicted octanol–water partition coefficient (Wildman–Crippen LogP) is 0.749. The molecule has 0 spiro atoms. The summed E-state index contributed by atoms with van der Waals surface area (Å²) in [4.78, 5) is 10.7. The molecule has 4 nitrogen and oxygen atoms in total. The lowest BCUT2D eigenvalue weighted by molar-refractivity contribution is 0.501. The lowest BCUT2D eigenvalue weighted by Crippen LogP contribution is -2.13. The molecular weight excluding hydrogens is 154 g/mol. The quantitative estimate of drug-likeness (QED) is 0.624. The van der Waals surface area contributed by atoms with Gasteiger partial charge in [0.25, 0.3) is 5.56 Å². The summed E-state index contributed by atoms with van der Waals surface area (Å²) in [7, 11) is 0. The second-order valence-electron chi connectivity index (χ2n) is 3.45. The van der Waals surface area contributed by atoms with Crippen molar-refractivity contribution >= 4 is 0 Å². The summed E-state index contributed by atoms with van der Waals surface area (Å²) >= 11 is 0. The lowest BCUT2D eigenvalue weighted by atomic mass is 10.0. The van der Waals surface area contributed by atoms with E-state index in [0.29, 0.717) is 5.92 Å². The van der Waals surface area contributed by atoms with Crippen LogP contribution in [0.15, 0.2) is 10.9 Å². The number of hydrogen-bond acceptors (Lipinski definition) is 2. The number of aromatic amines is 2. The number of rotatable bonds is 3. The monoisotopic (exact) mass is 169 g/mol. The van der Waals surface area contributed by atoms with Crippen LogP contribution in [0, 0.1) is 5.92 Å². The summed E-state index contributed by atoms with van der Waals surface area (Å²) in [5.74, 6) is 0.540. The van der Waals surface area contributed by atoms with Crippen molar-refractivity contribution in [3.63, 3.8) is 0 Å². The Balaban J connectivity index is 2.65. The topological polar surface area (TPSA) is 74.7 Å². The van der Waals surface area contributed by atoms with Crippen molar-refractivity contribution in [3.8, 4) is 0 Å². The van der Waals surface area contributed by atoms with Crippen LogP contribution >= 0.6 is 0 Å². The SMILES string of the molecule is CC(C)CC(N)c1cc(=O)[nH][nH]1. The largest absolute Gasteiger partial charge is 0.323 e. The molecule has 68 valence electrons. The van der Waals surface area contributed by atoms with Gasteiger partial charge in [0.1, 0.15) is 0 Å². The van der Waals surface area contributed by atoms with Gasteiger partial charge in [0.05, 0.1) is 5.69 Å².